The van der Waals surface area contributed by atoms with Gasteiger partial charge in [0.25, 0.3) is 5.91 Å². The number of carboxylic acids is 1. The Labute approximate surface area is 158 Å². The van der Waals surface area contributed by atoms with Crippen molar-refractivity contribution in [2.45, 2.75) is 12.5 Å². The molecule has 136 valence electrons. The van der Waals surface area contributed by atoms with Gasteiger partial charge in [0.1, 0.15) is 10.4 Å². The van der Waals surface area contributed by atoms with Gasteiger partial charge >= 0.3 is 11.9 Å². The van der Waals surface area contributed by atoms with Crippen LogP contribution < -0.4 is 5.73 Å². The van der Waals surface area contributed by atoms with Crippen LogP contribution in [-0.2, 0) is 19.1 Å². The van der Waals surface area contributed by atoms with E-state index >= 15 is 0 Å². The van der Waals surface area contributed by atoms with E-state index in [0.717, 1.165) is 16.7 Å². The van der Waals surface area contributed by atoms with Crippen molar-refractivity contribution >= 4 is 58.1 Å². The van der Waals surface area contributed by atoms with E-state index in [9.17, 15) is 24.3 Å². The highest BCUT2D eigenvalue weighted by Gasteiger charge is 2.41. The Morgan fingerprint density at radius 3 is 2.46 bits per heavy atom. The van der Waals surface area contributed by atoms with Crippen molar-refractivity contribution < 1.29 is 29.0 Å². The van der Waals surface area contributed by atoms with Crippen molar-refractivity contribution in [2.75, 3.05) is 7.11 Å². The van der Waals surface area contributed by atoms with Crippen LogP contribution in [-0.4, -0.2) is 51.2 Å². The second kappa shape index (κ2) is 8.11. The lowest BCUT2D eigenvalue weighted by Crippen LogP contribution is -2.46. The van der Waals surface area contributed by atoms with Gasteiger partial charge in [-0.25, -0.2) is 9.59 Å². The quantitative estimate of drug-likeness (QED) is 0.416. The summed E-state index contributed by atoms with van der Waals surface area (Å²) in [5, 5.41) is 9.27. The number of hydrogen-bond donors (Lipinski definition) is 2. The number of nitrogens with zero attached hydrogens (tertiary/aromatic N) is 1. The fraction of sp³-hybridized carbons (Fsp3) is 0.188. The van der Waals surface area contributed by atoms with Crippen LogP contribution in [0.15, 0.2) is 29.2 Å². The molecule has 0 aromatic heterocycles. The molecular formula is C16H14N2O6S2. The fourth-order valence-electron chi connectivity index (χ4n) is 2.21. The first-order chi connectivity index (χ1) is 12.2. The normalized spacial score (nSPS) is 16.7. The number of aliphatic carboxylic acids is 1. The van der Waals surface area contributed by atoms with Crippen LogP contribution in [0.3, 0.4) is 0 Å². The van der Waals surface area contributed by atoms with E-state index in [1.807, 2.05) is 0 Å². The lowest BCUT2D eigenvalue weighted by molar-refractivity contribution is -0.146. The molecule has 0 bridgehead atoms. The average molecular weight is 394 g/mol. The average Bonchev–Trinajstić information content (AvgIpc) is 2.86. The van der Waals surface area contributed by atoms with Crippen LogP contribution in [0.25, 0.3) is 6.08 Å². The summed E-state index contributed by atoms with van der Waals surface area (Å²) in [5.41, 5.74) is 6.02. The standard InChI is InChI=1S/C16H14N2O6S2/c1-24-15(23)9-4-2-8(3-5-9)6-11-13(20)18(16(25)26-11)10(14(21)22)7-12(17)19/h2-6,10H,7H2,1H3,(H2,17,19)(H,21,22)/b11-6-. The number of benzene rings is 1. The number of carboxylic acid groups (broad SMARTS) is 1. The number of esters is 1. The monoisotopic (exact) mass is 394 g/mol. The summed E-state index contributed by atoms with van der Waals surface area (Å²) in [4.78, 5) is 47.5. The molecule has 10 heteroatoms. The number of thioether (sulfide) groups is 1. The van der Waals surface area contributed by atoms with Crippen LogP contribution in [0.1, 0.15) is 22.3 Å². The number of methoxy groups -OCH3 is 1. The summed E-state index contributed by atoms with van der Waals surface area (Å²) in [6, 6.07) is 4.83. The highest BCUT2D eigenvalue weighted by atomic mass is 32.2. The van der Waals surface area contributed by atoms with Gasteiger partial charge in [0.05, 0.1) is 24.0 Å². The largest absolute Gasteiger partial charge is 0.480 e. The van der Waals surface area contributed by atoms with Crippen molar-refractivity contribution in [1.82, 2.24) is 4.90 Å². The molecule has 2 amide bonds. The third kappa shape index (κ3) is 4.27. The van der Waals surface area contributed by atoms with Gasteiger partial charge in [0.15, 0.2) is 0 Å². The number of carbonyl (C=O) groups is 4. The molecule has 1 saturated heterocycles. The third-order valence-electron chi connectivity index (χ3n) is 3.44. The minimum atomic E-state index is -1.45. The molecule has 1 aromatic carbocycles. The molecule has 0 aliphatic carbocycles. The summed E-state index contributed by atoms with van der Waals surface area (Å²) in [6.07, 6.45) is 0.979. The summed E-state index contributed by atoms with van der Waals surface area (Å²) >= 11 is 6.01. The van der Waals surface area contributed by atoms with E-state index in [2.05, 4.69) is 4.74 Å². The molecule has 1 heterocycles. The predicted octanol–water partition coefficient (Wildman–Crippen LogP) is 1.00. The Kier molecular flexibility index (Phi) is 6.11. The van der Waals surface area contributed by atoms with Crippen LogP contribution in [0, 0.1) is 0 Å². The molecule has 0 radical (unpaired) electrons. The Hall–Kier alpha value is -2.72. The van der Waals surface area contributed by atoms with Crippen molar-refractivity contribution in [2.24, 2.45) is 5.73 Å². The van der Waals surface area contributed by atoms with Crippen LogP contribution in [0.5, 0.6) is 0 Å². The maximum Gasteiger partial charge on any atom is 0.337 e. The Morgan fingerprint density at radius 2 is 1.96 bits per heavy atom. The lowest BCUT2D eigenvalue weighted by atomic mass is 10.1. The van der Waals surface area contributed by atoms with E-state index in [1.54, 1.807) is 12.1 Å². The van der Waals surface area contributed by atoms with Gasteiger partial charge in [-0.2, -0.15) is 0 Å². The van der Waals surface area contributed by atoms with Crippen molar-refractivity contribution in [3.8, 4) is 0 Å². The number of hydrogen-bond acceptors (Lipinski definition) is 7. The highest BCUT2D eigenvalue weighted by Crippen LogP contribution is 2.34. The molecule has 2 rings (SSSR count). The van der Waals surface area contributed by atoms with Gasteiger partial charge < -0.3 is 15.6 Å². The van der Waals surface area contributed by atoms with E-state index in [0.29, 0.717) is 11.1 Å². The first-order valence-electron chi connectivity index (χ1n) is 7.21. The Bertz CT molecular complexity index is 819. The minimum Gasteiger partial charge on any atom is -0.480 e. The van der Waals surface area contributed by atoms with Gasteiger partial charge in [-0.05, 0) is 23.8 Å². The molecule has 0 saturated carbocycles. The second-order valence-electron chi connectivity index (χ2n) is 5.19. The van der Waals surface area contributed by atoms with Gasteiger partial charge in [-0.3, -0.25) is 14.5 Å². The van der Waals surface area contributed by atoms with Crippen molar-refractivity contribution in [3.05, 3.63) is 40.3 Å². The summed E-state index contributed by atoms with van der Waals surface area (Å²) in [6.45, 7) is 0. The number of nitrogens with two attached hydrogens (primary N) is 1. The number of ether oxygens (including phenoxy) is 1. The third-order valence-corrected chi connectivity index (χ3v) is 4.77. The first kappa shape index (κ1) is 19.6. The van der Waals surface area contributed by atoms with Crippen molar-refractivity contribution in [3.63, 3.8) is 0 Å². The maximum atomic E-state index is 12.5. The van der Waals surface area contributed by atoms with Gasteiger partial charge in [0.2, 0.25) is 5.91 Å². The van der Waals surface area contributed by atoms with Crippen molar-refractivity contribution in [1.29, 1.82) is 0 Å². The number of primary amides is 1. The molecule has 1 aliphatic heterocycles. The molecule has 3 N–H and O–H groups in total. The fourth-order valence-corrected chi connectivity index (χ4v) is 3.57. The molecule has 1 aliphatic rings. The summed E-state index contributed by atoms with van der Waals surface area (Å²) < 4.78 is 4.63. The molecule has 8 nitrogen and oxygen atoms in total. The van der Waals surface area contributed by atoms with E-state index in [1.165, 1.54) is 25.3 Å². The Balaban J connectivity index is 2.27. The second-order valence-corrected chi connectivity index (χ2v) is 6.87. The van der Waals surface area contributed by atoms with Crippen LogP contribution in [0.2, 0.25) is 0 Å². The zero-order valence-corrected chi connectivity index (χ0v) is 15.1. The molecule has 1 atom stereocenters. The minimum absolute atomic E-state index is 0.0288. The Morgan fingerprint density at radius 1 is 1.35 bits per heavy atom. The summed E-state index contributed by atoms with van der Waals surface area (Å²) in [7, 11) is 1.27. The lowest BCUT2D eigenvalue weighted by Gasteiger charge is -2.21. The number of rotatable bonds is 6. The number of carbonyl (C=O) groups excluding carboxylic acids is 3. The molecule has 1 unspecified atom stereocenters. The first-order valence-corrected chi connectivity index (χ1v) is 8.43. The molecule has 26 heavy (non-hydrogen) atoms. The smallest absolute Gasteiger partial charge is 0.337 e. The number of amides is 2. The van der Waals surface area contributed by atoms with E-state index < -0.39 is 36.2 Å². The molecular weight excluding hydrogens is 380 g/mol. The van der Waals surface area contributed by atoms with Crippen LogP contribution in [0.4, 0.5) is 0 Å². The highest BCUT2D eigenvalue weighted by molar-refractivity contribution is 8.26. The summed E-state index contributed by atoms with van der Waals surface area (Å²) in [5.74, 6) is -3.33. The zero-order valence-electron chi connectivity index (χ0n) is 13.5. The predicted molar refractivity (Wildman–Crippen MR) is 98.0 cm³/mol. The SMILES string of the molecule is COC(=O)c1ccc(/C=C2\SC(=S)N(C(CC(N)=O)C(=O)O)C2=O)cc1. The topological polar surface area (TPSA) is 127 Å². The maximum absolute atomic E-state index is 12.5. The zero-order chi connectivity index (χ0) is 19.4. The van der Waals surface area contributed by atoms with E-state index in [-0.39, 0.29) is 9.23 Å². The molecule has 1 fully saturated rings. The molecule has 0 spiro atoms. The van der Waals surface area contributed by atoms with Gasteiger partial charge in [-0.1, -0.05) is 36.1 Å². The molecule has 1 aromatic rings. The van der Waals surface area contributed by atoms with Crippen LogP contribution >= 0.6 is 24.0 Å². The van der Waals surface area contributed by atoms with Gasteiger partial charge in [0, 0.05) is 0 Å². The van der Waals surface area contributed by atoms with Gasteiger partial charge in [-0.15, -0.1) is 0 Å². The van der Waals surface area contributed by atoms with E-state index in [4.69, 9.17) is 18.0 Å². The number of thiocarbonyl (C=S) groups is 1.